The van der Waals surface area contributed by atoms with Crippen LogP contribution in [0.5, 0.6) is 0 Å². The molecule has 1 N–H and O–H groups in total. The Bertz CT molecular complexity index is 404. The van der Waals surface area contributed by atoms with Gasteiger partial charge in [-0.1, -0.05) is 0 Å². The molecule has 3 rings (SSSR count). The van der Waals surface area contributed by atoms with Gasteiger partial charge in [-0.2, -0.15) is 0 Å². The molecule has 1 aromatic rings. The van der Waals surface area contributed by atoms with E-state index in [4.69, 9.17) is 0 Å². The Morgan fingerprint density at radius 2 is 2.25 bits per heavy atom. The van der Waals surface area contributed by atoms with Crippen molar-refractivity contribution in [1.29, 1.82) is 0 Å². The number of hydrogen-bond donors (Lipinski definition) is 1. The van der Waals surface area contributed by atoms with Gasteiger partial charge in [0.1, 0.15) is 5.69 Å². The Labute approximate surface area is 95.2 Å². The molecule has 16 heavy (non-hydrogen) atoms. The van der Waals surface area contributed by atoms with E-state index in [2.05, 4.69) is 9.88 Å². The number of nitrogens with zero attached hydrogens (tertiary/aromatic N) is 2. The van der Waals surface area contributed by atoms with Gasteiger partial charge in [0.2, 0.25) is 0 Å². The average molecular weight is 219 g/mol. The number of aromatic nitrogens is 1. The fourth-order valence-electron chi connectivity index (χ4n) is 2.14. The van der Waals surface area contributed by atoms with Crippen LogP contribution in [0.25, 0.3) is 0 Å². The Balaban J connectivity index is 1.79. The molecule has 0 radical (unpaired) electrons. The first kappa shape index (κ1) is 9.90. The van der Waals surface area contributed by atoms with E-state index in [9.17, 15) is 4.79 Å². The van der Waals surface area contributed by atoms with Crippen molar-refractivity contribution in [3.05, 3.63) is 24.0 Å². The quantitative estimate of drug-likeness (QED) is 0.819. The number of nitrogens with one attached hydrogen (secondary N) is 1. The molecule has 1 aliphatic carbocycles. The molecule has 4 heteroatoms. The lowest BCUT2D eigenvalue weighted by Gasteiger charge is -2.35. The minimum atomic E-state index is 0.156. The van der Waals surface area contributed by atoms with Crippen LogP contribution in [-0.2, 0) is 0 Å². The van der Waals surface area contributed by atoms with Gasteiger partial charge in [-0.25, -0.2) is 0 Å². The van der Waals surface area contributed by atoms with E-state index in [1.807, 2.05) is 30.3 Å². The van der Waals surface area contributed by atoms with Gasteiger partial charge in [-0.15, -0.1) is 0 Å². The SMILES string of the molecule is CN(C(=O)c1cccn1C1CC1)C1CNC1. The summed E-state index contributed by atoms with van der Waals surface area (Å²) in [4.78, 5) is 14.1. The summed E-state index contributed by atoms with van der Waals surface area (Å²) in [5.41, 5.74) is 0.844. The van der Waals surface area contributed by atoms with E-state index < -0.39 is 0 Å². The van der Waals surface area contributed by atoms with Crippen molar-refractivity contribution in [3.63, 3.8) is 0 Å². The highest BCUT2D eigenvalue weighted by Gasteiger charge is 2.31. The minimum absolute atomic E-state index is 0.156. The van der Waals surface area contributed by atoms with Crippen LogP contribution in [-0.4, -0.2) is 41.6 Å². The predicted octanol–water partition coefficient (Wildman–Crippen LogP) is 0.867. The first-order chi connectivity index (χ1) is 7.77. The summed E-state index contributed by atoms with van der Waals surface area (Å²) in [5.74, 6) is 0.156. The summed E-state index contributed by atoms with van der Waals surface area (Å²) in [7, 11) is 1.90. The summed E-state index contributed by atoms with van der Waals surface area (Å²) >= 11 is 0. The van der Waals surface area contributed by atoms with Crippen molar-refractivity contribution in [2.45, 2.75) is 24.9 Å². The van der Waals surface area contributed by atoms with E-state index in [-0.39, 0.29) is 5.91 Å². The second kappa shape index (κ2) is 3.63. The third kappa shape index (κ3) is 1.53. The Morgan fingerprint density at radius 3 is 2.81 bits per heavy atom. The lowest BCUT2D eigenvalue weighted by atomic mass is 10.1. The summed E-state index contributed by atoms with van der Waals surface area (Å²) in [6.07, 6.45) is 4.45. The first-order valence-electron chi connectivity index (χ1n) is 5.92. The van der Waals surface area contributed by atoms with Crippen molar-refractivity contribution in [2.24, 2.45) is 0 Å². The molecule has 0 bridgehead atoms. The van der Waals surface area contributed by atoms with Crippen molar-refractivity contribution < 1.29 is 4.79 Å². The Kier molecular flexibility index (Phi) is 2.24. The highest BCUT2D eigenvalue weighted by atomic mass is 16.2. The van der Waals surface area contributed by atoms with Crippen LogP contribution < -0.4 is 5.32 Å². The van der Waals surface area contributed by atoms with E-state index >= 15 is 0 Å². The molecule has 4 nitrogen and oxygen atoms in total. The fourth-order valence-corrected chi connectivity index (χ4v) is 2.14. The standard InChI is InChI=1S/C12H17N3O/c1-14(10-7-13-8-10)12(16)11-3-2-6-15(11)9-4-5-9/h2-3,6,9-10,13H,4-5,7-8H2,1H3. The molecule has 0 unspecified atom stereocenters. The van der Waals surface area contributed by atoms with Gasteiger partial charge in [0.25, 0.3) is 5.91 Å². The zero-order valence-corrected chi connectivity index (χ0v) is 9.52. The monoisotopic (exact) mass is 219 g/mol. The zero-order chi connectivity index (χ0) is 11.1. The Morgan fingerprint density at radius 1 is 1.50 bits per heavy atom. The van der Waals surface area contributed by atoms with Gasteiger partial charge < -0.3 is 14.8 Å². The van der Waals surface area contributed by atoms with Crippen LogP contribution in [0.4, 0.5) is 0 Å². The normalized spacial score (nSPS) is 20.6. The number of hydrogen-bond acceptors (Lipinski definition) is 2. The molecular weight excluding hydrogens is 202 g/mol. The van der Waals surface area contributed by atoms with Crippen LogP contribution in [0.15, 0.2) is 18.3 Å². The number of amides is 1. The second-order valence-corrected chi connectivity index (χ2v) is 4.76. The third-order valence-corrected chi connectivity index (χ3v) is 3.57. The minimum Gasteiger partial charge on any atom is -0.340 e. The summed E-state index contributed by atoms with van der Waals surface area (Å²) in [6.45, 7) is 1.85. The molecule has 2 fully saturated rings. The van der Waals surface area contributed by atoms with Gasteiger partial charge in [-0.05, 0) is 25.0 Å². The smallest absolute Gasteiger partial charge is 0.270 e. The maximum atomic E-state index is 12.3. The molecule has 2 heterocycles. The maximum Gasteiger partial charge on any atom is 0.270 e. The van der Waals surface area contributed by atoms with Gasteiger partial charge in [0.15, 0.2) is 0 Å². The molecule has 1 saturated heterocycles. The van der Waals surface area contributed by atoms with Gasteiger partial charge in [-0.3, -0.25) is 4.79 Å². The molecule has 0 aromatic carbocycles. The van der Waals surface area contributed by atoms with E-state index in [0.29, 0.717) is 12.1 Å². The van der Waals surface area contributed by atoms with E-state index in [1.54, 1.807) is 0 Å². The topological polar surface area (TPSA) is 37.3 Å². The van der Waals surface area contributed by atoms with Crippen molar-refractivity contribution in [1.82, 2.24) is 14.8 Å². The highest BCUT2D eigenvalue weighted by molar-refractivity contribution is 5.93. The second-order valence-electron chi connectivity index (χ2n) is 4.76. The zero-order valence-electron chi connectivity index (χ0n) is 9.52. The molecule has 0 spiro atoms. The van der Waals surface area contributed by atoms with Crippen molar-refractivity contribution in [2.75, 3.05) is 20.1 Å². The number of carbonyl (C=O) groups excluding carboxylic acids is 1. The fraction of sp³-hybridized carbons (Fsp3) is 0.583. The molecule has 2 aliphatic rings. The molecule has 1 amide bonds. The maximum absolute atomic E-state index is 12.3. The van der Waals surface area contributed by atoms with E-state index in [0.717, 1.165) is 18.8 Å². The van der Waals surface area contributed by atoms with Gasteiger partial charge in [0.05, 0.1) is 6.04 Å². The average Bonchev–Trinajstić information content (AvgIpc) is 2.93. The predicted molar refractivity (Wildman–Crippen MR) is 61.5 cm³/mol. The molecule has 1 aliphatic heterocycles. The van der Waals surface area contributed by atoms with Crippen molar-refractivity contribution >= 4 is 5.91 Å². The van der Waals surface area contributed by atoms with Crippen LogP contribution in [0, 0.1) is 0 Å². The summed E-state index contributed by atoms with van der Waals surface area (Å²) < 4.78 is 2.13. The van der Waals surface area contributed by atoms with Crippen LogP contribution >= 0.6 is 0 Å². The largest absolute Gasteiger partial charge is 0.340 e. The molecule has 1 aromatic heterocycles. The molecule has 0 atom stereocenters. The Hall–Kier alpha value is -1.29. The number of rotatable bonds is 3. The molecule has 86 valence electrons. The first-order valence-corrected chi connectivity index (χ1v) is 5.92. The van der Waals surface area contributed by atoms with Crippen molar-refractivity contribution in [3.8, 4) is 0 Å². The van der Waals surface area contributed by atoms with Crippen LogP contribution in [0.2, 0.25) is 0 Å². The number of carbonyl (C=O) groups is 1. The van der Waals surface area contributed by atoms with Crippen LogP contribution in [0.3, 0.4) is 0 Å². The summed E-state index contributed by atoms with van der Waals surface area (Å²) in [6, 6.07) is 4.85. The highest BCUT2D eigenvalue weighted by Crippen LogP contribution is 2.36. The molecular formula is C12H17N3O. The lowest BCUT2D eigenvalue weighted by molar-refractivity contribution is 0.0670. The number of likely N-dealkylation sites (N-methyl/N-ethyl adjacent to an activating group) is 1. The molecule has 1 saturated carbocycles. The van der Waals surface area contributed by atoms with Gasteiger partial charge in [0, 0.05) is 32.4 Å². The van der Waals surface area contributed by atoms with Crippen LogP contribution in [0.1, 0.15) is 29.4 Å². The lowest BCUT2D eigenvalue weighted by Crippen LogP contribution is -2.57. The summed E-state index contributed by atoms with van der Waals surface area (Å²) in [5, 5.41) is 3.19. The van der Waals surface area contributed by atoms with E-state index in [1.165, 1.54) is 12.8 Å². The van der Waals surface area contributed by atoms with Gasteiger partial charge >= 0.3 is 0 Å². The third-order valence-electron chi connectivity index (χ3n) is 3.57.